The quantitative estimate of drug-likeness (QED) is 0.892. The highest BCUT2D eigenvalue weighted by Crippen LogP contribution is 2.30. The summed E-state index contributed by atoms with van der Waals surface area (Å²) in [7, 11) is 1.71. The third kappa shape index (κ3) is 2.41. The molecular weight excluding hydrogens is 286 g/mol. The number of nitrogens with one attached hydrogen (secondary N) is 1. The second kappa shape index (κ2) is 5.51. The van der Waals surface area contributed by atoms with Crippen molar-refractivity contribution >= 4 is 17.7 Å². The average Bonchev–Trinajstić information content (AvgIpc) is 3.07. The van der Waals surface area contributed by atoms with Crippen molar-refractivity contribution in [3.63, 3.8) is 0 Å². The molecule has 1 saturated heterocycles. The number of carbonyl (C=O) groups is 2. The van der Waals surface area contributed by atoms with Crippen LogP contribution in [0.15, 0.2) is 34.9 Å². The highest BCUT2D eigenvalue weighted by molar-refractivity contribution is 6.00. The van der Waals surface area contributed by atoms with Crippen molar-refractivity contribution in [2.24, 2.45) is 0 Å². The van der Waals surface area contributed by atoms with Crippen molar-refractivity contribution in [1.29, 1.82) is 0 Å². The Hall–Kier alpha value is -2.83. The third-order valence-corrected chi connectivity index (χ3v) is 3.68. The first-order chi connectivity index (χ1) is 10.6. The van der Waals surface area contributed by atoms with Gasteiger partial charge in [-0.3, -0.25) is 4.79 Å². The summed E-state index contributed by atoms with van der Waals surface area (Å²) >= 11 is 0. The topological polar surface area (TPSA) is 95.7 Å². The number of hydrogen-bond donors (Lipinski definition) is 2. The number of likely N-dealkylation sites (tertiary alicyclic amines) is 1. The number of benzene rings is 1. The van der Waals surface area contributed by atoms with Gasteiger partial charge in [-0.05, 0) is 6.42 Å². The lowest BCUT2D eigenvalue weighted by molar-refractivity contribution is -0.127. The minimum absolute atomic E-state index is 0.0615. The summed E-state index contributed by atoms with van der Waals surface area (Å²) in [6, 6.07) is 8.40. The fourth-order valence-corrected chi connectivity index (χ4v) is 2.50. The monoisotopic (exact) mass is 301 g/mol. The summed E-state index contributed by atoms with van der Waals surface area (Å²) in [5, 5.41) is 16.1. The molecule has 0 bridgehead atoms. The first kappa shape index (κ1) is 14.1. The molecular formula is C15H15N3O4. The van der Waals surface area contributed by atoms with Crippen LogP contribution in [0.2, 0.25) is 0 Å². The molecule has 2 N–H and O–H groups in total. The third-order valence-electron chi connectivity index (χ3n) is 3.68. The van der Waals surface area contributed by atoms with Crippen LogP contribution in [0.25, 0.3) is 11.3 Å². The molecule has 0 saturated carbocycles. The Bertz CT molecular complexity index is 711. The van der Waals surface area contributed by atoms with Crippen molar-refractivity contribution in [3.05, 3.63) is 35.9 Å². The largest absolute Gasteiger partial charge is 0.477 e. The van der Waals surface area contributed by atoms with Crippen LogP contribution in [-0.4, -0.2) is 46.7 Å². The van der Waals surface area contributed by atoms with E-state index in [9.17, 15) is 14.7 Å². The fraction of sp³-hybridized carbons (Fsp3) is 0.267. The molecule has 0 radical (unpaired) electrons. The molecule has 1 unspecified atom stereocenters. The van der Waals surface area contributed by atoms with Crippen molar-refractivity contribution in [3.8, 4) is 11.3 Å². The van der Waals surface area contributed by atoms with Crippen molar-refractivity contribution in [2.45, 2.75) is 12.5 Å². The second-order valence-corrected chi connectivity index (χ2v) is 5.15. The van der Waals surface area contributed by atoms with Crippen LogP contribution in [0.1, 0.15) is 16.8 Å². The minimum atomic E-state index is -1.15. The van der Waals surface area contributed by atoms with Crippen LogP contribution in [0, 0.1) is 0 Å². The lowest BCUT2D eigenvalue weighted by Gasteiger charge is -2.11. The van der Waals surface area contributed by atoms with Gasteiger partial charge in [0.15, 0.2) is 17.1 Å². The zero-order valence-corrected chi connectivity index (χ0v) is 11.9. The predicted octanol–water partition coefficient (Wildman–Crippen LogP) is 1.68. The van der Waals surface area contributed by atoms with Crippen molar-refractivity contribution in [1.82, 2.24) is 10.1 Å². The number of hydrogen-bond acceptors (Lipinski definition) is 5. The minimum Gasteiger partial charge on any atom is -0.477 e. The molecule has 2 aromatic rings. The zero-order chi connectivity index (χ0) is 15.7. The van der Waals surface area contributed by atoms with Crippen molar-refractivity contribution < 1.29 is 19.2 Å². The molecule has 1 amide bonds. The van der Waals surface area contributed by atoms with Gasteiger partial charge >= 0.3 is 5.97 Å². The molecule has 22 heavy (non-hydrogen) atoms. The number of carboxylic acid groups (broad SMARTS) is 1. The zero-order valence-electron chi connectivity index (χ0n) is 11.9. The number of likely N-dealkylation sites (N-methyl/N-ethyl adjacent to an activating group) is 1. The Morgan fingerprint density at radius 3 is 2.73 bits per heavy atom. The highest BCUT2D eigenvalue weighted by atomic mass is 16.5. The maximum atomic E-state index is 11.9. The summed E-state index contributed by atoms with van der Waals surface area (Å²) in [5.41, 5.74) is 0.559. The van der Waals surface area contributed by atoms with Gasteiger partial charge in [-0.25, -0.2) is 4.79 Å². The van der Waals surface area contributed by atoms with E-state index in [0.29, 0.717) is 18.5 Å². The lowest BCUT2D eigenvalue weighted by atomic mass is 10.1. The Balaban J connectivity index is 1.94. The normalized spacial score (nSPS) is 17.8. The van der Waals surface area contributed by atoms with Crippen LogP contribution in [-0.2, 0) is 4.79 Å². The summed E-state index contributed by atoms with van der Waals surface area (Å²) in [6.45, 7) is 0.627. The number of aromatic carboxylic acids is 1. The van der Waals surface area contributed by atoms with Crippen LogP contribution in [0.5, 0.6) is 0 Å². The van der Waals surface area contributed by atoms with Gasteiger partial charge in [0.25, 0.3) is 0 Å². The van der Waals surface area contributed by atoms with Crippen LogP contribution >= 0.6 is 0 Å². The van der Waals surface area contributed by atoms with Gasteiger partial charge in [0, 0.05) is 19.2 Å². The maximum absolute atomic E-state index is 11.9. The molecule has 1 fully saturated rings. The predicted molar refractivity (Wildman–Crippen MR) is 78.6 cm³/mol. The average molecular weight is 301 g/mol. The number of nitrogens with zero attached hydrogens (tertiary/aromatic N) is 2. The molecule has 1 atom stereocenters. The Kier molecular flexibility index (Phi) is 3.54. The number of aromatic nitrogens is 1. The molecule has 1 aromatic heterocycles. The molecule has 1 aliphatic heterocycles. The van der Waals surface area contributed by atoms with Gasteiger partial charge in [0.1, 0.15) is 6.04 Å². The first-order valence-corrected chi connectivity index (χ1v) is 6.88. The van der Waals surface area contributed by atoms with E-state index in [4.69, 9.17) is 4.52 Å². The fourth-order valence-electron chi connectivity index (χ4n) is 2.50. The van der Waals surface area contributed by atoms with E-state index in [0.717, 1.165) is 0 Å². The summed E-state index contributed by atoms with van der Waals surface area (Å²) in [4.78, 5) is 25.1. The standard InChI is InChI=1S/C15H15N3O4/c1-18-8-7-10(14(18)19)16-13-11(15(20)21)12(22-17-13)9-5-3-2-4-6-9/h2-6,10H,7-8H2,1H3,(H,16,17)(H,20,21). The van der Waals surface area contributed by atoms with Crippen molar-refractivity contribution in [2.75, 3.05) is 18.9 Å². The van der Waals surface area contributed by atoms with E-state index in [1.54, 1.807) is 36.2 Å². The molecule has 2 heterocycles. The van der Waals surface area contributed by atoms with E-state index in [2.05, 4.69) is 10.5 Å². The van der Waals surface area contributed by atoms with Gasteiger partial charge in [0.05, 0.1) is 0 Å². The van der Waals surface area contributed by atoms with Gasteiger partial charge in [-0.15, -0.1) is 0 Å². The maximum Gasteiger partial charge on any atom is 0.343 e. The van der Waals surface area contributed by atoms with Crippen LogP contribution in [0.3, 0.4) is 0 Å². The molecule has 114 valence electrons. The van der Waals surface area contributed by atoms with Crippen LogP contribution < -0.4 is 5.32 Å². The van der Waals surface area contributed by atoms with E-state index < -0.39 is 12.0 Å². The van der Waals surface area contributed by atoms with E-state index in [1.807, 2.05) is 6.07 Å². The molecule has 1 aromatic carbocycles. The van der Waals surface area contributed by atoms with Gasteiger partial charge in [-0.1, -0.05) is 35.5 Å². The molecule has 7 nitrogen and oxygen atoms in total. The summed E-state index contributed by atoms with van der Waals surface area (Å²) in [5.74, 6) is -0.976. The summed E-state index contributed by atoms with van der Waals surface area (Å²) in [6.07, 6.45) is 0.599. The van der Waals surface area contributed by atoms with E-state index in [-0.39, 0.29) is 23.0 Å². The Morgan fingerprint density at radius 1 is 1.41 bits per heavy atom. The second-order valence-electron chi connectivity index (χ2n) is 5.15. The SMILES string of the molecule is CN1CCC(Nc2noc(-c3ccccc3)c2C(=O)O)C1=O. The van der Waals surface area contributed by atoms with E-state index >= 15 is 0 Å². The molecule has 0 aliphatic carbocycles. The Labute approximate surface area is 126 Å². The summed E-state index contributed by atoms with van der Waals surface area (Å²) < 4.78 is 5.20. The molecule has 3 rings (SSSR count). The first-order valence-electron chi connectivity index (χ1n) is 6.88. The van der Waals surface area contributed by atoms with Gasteiger partial charge < -0.3 is 19.8 Å². The molecule has 1 aliphatic rings. The number of anilines is 1. The van der Waals surface area contributed by atoms with E-state index in [1.165, 1.54) is 0 Å². The van der Waals surface area contributed by atoms with Gasteiger partial charge in [0.2, 0.25) is 5.91 Å². The smallest absolute Gasteiger partial charge is 0.343 e. The lowest BCUT2D eigenvalue weighted by Crippen LogP contribution is -2.31. The number of rotatable bonds is 4. The highest BCUT2D eigenvalue weighted by Gasteiger charge is 2.32. The van der Waals surface area contributed by atoms with Gasteiger partial charge in [-0.2, -0.15) is 0 Å². The Morgan fingerprint density at radius 2 is 2.14 bits per heavy atom. The number of carbonyl (C=O) groups excluding carboxylic acids is 1. The van der Waals surface area contributed by atoms with Crippen LogP contribution in [0.4, 0.5) is 5.82 Å². The number of amides is 1. The molecule has 0 spiro atoms. The molecule has 7 heteroatoms. The number of carboxylic acids is 1.